The van der Waals surface area contributed by atoms with E-state index in [0.29, 0.717) is 34.4 Å². The number of furan rings is 1. The molecule has 1 unspecified atom stereocenters. The normalized spacial score (nSPS) is 14.9. The predicted molar refractivity (Wildman–Crippen MR) is 127 cm³/mol. The second-order valence-electron chi connectivity index (χ2n) is 7.51. The number of nitrogens with zero attached hydrogens (tertiary/aromatic N) is 2. The zero-order valence-electron chi connectivity index (χ0n) is 19.3. The Labute approximate surface area is 206 Å². The summed E-state index contributed by atoms with van der Waals surface area (Å²) in [4.78, 5) is 25.9. The van der Waals surface area contributed by atoms with Crippen LogP contribution in [0.1, 0.15) is 34.1 Å². The van der Waals surface area contributed by atoms with Crippen molar-refractivity contribution < 1.29 is 33.0 Å². The van der Waals surface area contributed by atoms with Crippen molar-refractivity contribution in [2.45, 2.75) is 12.5 Å². The van der Waals surface area contributed by atoms with Crippen LogP contribution in [0, 0.1) is 0 Å². The lowest BCUT2D eigenvalue weighted by molar-refractivity contribution is -0.136. The van der Waals surface area contributed by atoms with Crippen LogP contribution in [0.5, 0.6) is 17.2 Å². The molecule has 1 aliphatic rings. The lowest BCUT2D eigenvalue weighted by atomic mass is 10.0. The molecule has 0 bridgehead atoms. The van der Waals surface area contributed by atoms with Crippen LogP contribution in [0.3, 0.4) is 0 Å². The first-order chi connectivity index (χ1) is 16.9. The summed E-state index contributed by atoms with van der Waals surface area (Å²) in [5.74, 6) is 0.229. The minimum Gasteiger partial charge on any atom is -0.496 e. The van der Waals surface area contributed by atoms with Crippen LogP contribution >= 0.6 is 11.6 Å². The molecule has 0 aliphatic carbocycles. The van der Waals surface area contributed by atoms with Gasteiger partial charge in [0.2, 0.25) is 0 Å². The third-order valence-corrected chi connectivity index (χ3v) is 5.72. The zero-order chi connectivity index (χ0) is 24.9. The first-order valence-corrected chi connectivity index (χ1v) is 11.0. The Morgan fingerprint density at radius 3 is 2.34 bits per heavy atom. The molecule has 10 heteroatoms. The largest absolute Gasteiger partial charge is 0.496 e. The van der Waals surface area contributed by atoms with Gasteiger partial charge in [0.05, 0.1) is 33.3 Å². The Morgan fingerprint density at radius 2 is 1.71 bits per heavy atom. The van der Waals surface area contributed by atoms with Crippen LogP contribution in [-0.4, -0.2) is 50.5 Å². The number of hydrazone groups is 1. The summed E-state index contributed by atoms with van der Waals surface area (Å²) in [6.07, 6.45) is 1.96. The highest BCUT2D eigenvalue weighted by Gasteiger charge is 2.35. The van der Waals surface area contributed by atoms with Gasteiger partial charge in [-0.05, 0) is 29.8 Å². The molecule has 0 spiro atoms. The van der Waals surface area contributed by atoms with Crippen molar-refractivity contribution in [2.24, 2.45) is 5.10 Å². The second-order valence-corrected chi connectivity index (χ2v) is 7.95. The van der Waals surface area contributed by atoms with Crippen LogP contribution in [0.4, 0.5) is 0 Å². The van der Waals surface area contributed by atoms with Gasteiger partial charge < -0.3 is 23.4 Å². The van der Waals surface area contributed by atoms with Gasteiger partial charge in [-0.2, -0.15) is 5.10 Å². The molecule has 0 fully saturated rings. The van der Waals surface area contributed by atoms with Crippen molar-refractivity contribution in [1.29, 1.82) is 0 Å². The Balaban J connectivity index is 1.53. The second kappa shape index (κ2) is 10.5. The molecule has 182 valence electrons. The lowest BCUT2D eigenvalue weighted by Gasteiger charge is -2.20. The van der Waals surface area contributed by atoms with Crippen LogP contribution in [-0.2, 0) is 9.53 Å². The molecule has 1 aromatic heterocycles. The number of carbonyl (C=O) groups is 2. The average Bonchev–Trinajstić information content (AvgIpc) is 3.57. The molecular formula is C25H23ClN2O7. The summed E-state index contributed by atoms with van der Waals surface area (Å²) in [6, 6.07) is 13.1. The quantitative estimate of drug-likeness (QED) is 0.422. The molecule has 2 heterocycles. The van der Waals surface area contributed by atoms with Crippen molar-refractivity contribution in [3.05, 3.63) is 76.7 Å². The fraction of sp³-hybridized carbons (Fsp3) is 0.240. The van der Waals surface area contributed by atoms with E-state index in [0.717, 1.165) is 5.56 Å². The highest BCUT2D eigenvalue weighted by Crippen LogP contribution is 2.36. The Hall–Kier alpha value is -3.98. The van der Waals surface area contributed by atoms with Gasteiger partial charge in [-0.15, -0.1) is 0 Å². The van der Waals surface area contributed by atoms with E-state index in [-0.39, 0.29) is 11.3 Å². The molecular weight excluding hydrogens is 476 g/mol. The topological polar surface area (TPSA) is 99.8 Å². The minimum atomic E-state index is -0.758. The molecule has 35 heavy (non-hydrogen) atoms. The monoisotopic (exact) mass is 498 g/mol. The number of hydrogen-bond donors (Lipinski definition) is 0. The number of carbonyl (C=O) groups excluding carboxylic acids is 2. The highest BCUT2D eigenvalue weighted by atomic mass is 35.5. The smallest absolute Gasteiger partial charge is 0.342 e. The van der Waals surface area contributed by atoms with Crippen molar-refractivity contribution >= 4 is 29.2 Å². The van der Waals surface area contributed by atoms with E-state index in [1.807, 2.05) is 12.1 Å². The lowest BCUT2D eigenvalue weighted by Crippen LogP contribution is -2.31. The molecule has 1 amide bonds. The number of rotatable bonds is 8. The maximum absolute atomic E-state index is 13.1. The summed E-state index contributed by atoms with van der Waals surface area (Å²) in [7, 11) is 4.33. The number of hydrogen-bond acceptors (Lipinski definition) is 8. The number of benzene rings is 2. The number of halogens is 1. The van der Waals surface area contributed by atoms with E-state index in [2.05, 4.69) is 5.10 Å². The Bertz CT molecular complexity index is 1240. The molecule has 3 aromatic rings. The van der Waals surface area contributed by atoms with E-state index < -0.39 is 24.5 Å². The fourth-order valence-electron chi connectivity index (χ4n) is 3.72. The van der Waals surface area contributed by atoms with Gasteiger partial charge in [0, 0.05) is 23.6 Å². The maximum atomic E-state index is 13.1. The van der Waals surface area contributed by atoms with Gasteiger partial charge in [-0.25, -0.2) is 9.80 Å². The molecule has 9 nitrogen and oxygen atoms in total. The number of methoxy groups -OCH3 is 3. The number of ether oxygens (including phenoxy) is 4. The summed E-state index contributed by atoms with van der Waals surface area (Å²) in [5.41, 5.74) is 1.60. The van der Waals surface area contributed by atoms with Crippen molar-refractivity contribution in [3.8, 4) is 17.2 Å². The van der Waals surface area contributed by atoms with Crippen molar-refractivity contribution in [3.63, 3.8) is 0 Å². The van der Waals surface area contributed by atoms with Gasteiger partial charge in [-0.3, -0.25) is 4.79 Å². The van der Waals surface area contributed by atoms with Crippen LogP contribution in [0.2, 0.25) is 5.02 Å². The summed E-state index contributed by atoms with van der Waals surface area (Å²) in [5, 5.41) is 6.38. The van der Waals surface area contributed by atoms with Gasteiger partial charge in [-0.1, -0.05) is 23.7 Å². The molecule has 4 rings (SSSR count). The average molecular weight is 499 g/mol. The van der Waals surface area contributed by atoms with Crippen molar-refractivity contribution in [1.82, 2.24) is 5.01 Å². The molecule has 2 aromatic carbocycles. The summed E-state index contributed by atoms with van der Waals surface area (Å²) >= 11 is 5.99. The molecule has 0 radical (unpaired) electrons. The Kier molecular flexibility index (Phi) is 7.26. The van der Waals surface area contributed by atoms with Gasteiger partial charge in [0.1, 0.15) is 23.1 Å². The van der Waals surface area contributed by atoms with Crippen LogP contribution in [0.15, 0.2) is 64.3 Å². The molecule has 1 aliphatic heterocycles. The molecule has 0 saturated heterocycles. The van der Waals surface area contributed by atoms with E-state index in [9.17, 15) is 9.59 Å². The van der Waals surface area contributed by atoms with Crippen LogP contribution in [0.25, 0.3) is 0 Å². The van der Waals surface area contributed by atoms with E-state index in [1.54, 1.807) is 24.3 Å². The number of amides is 1. The molecule has 0 N–H and O–H groups in total. The van der Waals surface area contributed by atoms with Crippen LogP contribution < -0.4 is 14.2 Å². The van der Waals surface area contributed by atoms with Crippen molar-refractivity contribution in [2.75, 3.05) is 27.9 Å². The van der Waals surface area contributed by atoms with Gasteiger partial charge >= 0.3 is 5.97 Å². The van der Waals surface area contributed by atoms with E-state index in [4.69, 9.17) is 35.0 Å². The van der Waals surface area contributed by atoms with Gasteiger partial charge in [0.25, 0.3) is 5.91 Å². The first-order valence-electron chi connectivity index (χ1n) is 10.6. The van der Waals surface area contributed by atoms with E-state index >= 15 is 0 Å². The maximum Gasteiger partial charge on any atom is 0.342 e. The van der Waals surface area contributed by atoms with Gasteiger partial charge in [0.15, 0.2) is 18.1 Å². The fourth-order valence-corrected chi connectivity index (χ4v) is 3.85. The van der Waals surface area contributed by atoms with E-state index in [1.165, 1.54) is 44.7 Å². The standard InChI is InChI=1S/C25H23ClN2O7/c1-31-21-13-23(33-3)22(32-2)11-17(21)25(30)35-14-24(29)28-19(20-5-4-10-34-20)12-18(27-28)15-6-8-16(26)9-7-15/h4-11,13,19H,12,14H2,1-3H3. The summed E-state index contributed by atoms with van der Waals surface area (Å²) in [6.45, 7) is -0.537. The Morgan fingerprint density at radius 1 is 1.03 bits per heavy atom. The SMILES string of the molecule is COc1cc(OC)c(C(=O)OCC(=O)N2N=C(c3ccc(Cl)cc3)CC2c2ccco2)cc1OC. The highest BCUT2D eigenvalue weighted by molar-refractivity contribution is 6.30. The third-order valence-electron chi connectivity index (χ3n) is 5.47. The first kappa shape index (κ1) is 24.2. The molecule has 0 saturated carbocycles. The molecule has 1 atom stereocenters. The minimum absolute atomic E-state index is 0.0901. The summed E-state index contributed by atoms with van der Waals surface area (Å²) < 4.78 is 26.6. The zero-order valence-corrected chi connectivity index (χ0v) is 20.1. The predicted octanol–water partition coefficient (Wildman–Crippen LogP) is 4.49. The third kappa shape index (κ3) is 5.09. The number of esters is 1.